The molecular formula is C19H32F2. The number of rotatable bonds is 3. The number of alkyl halides is 2. The van der Waals surface area contributed by atoms with E-state index >= 15 is 0 Å². The molecule has 0 amide bonds. The summed E-state index contributed by atoms with van der Waals surface area (Å²) in [6.45, 7) is 2.30. The fourth-order valence-electron chi connectivity index (χ4n) is 5.73. The van der Waals surface area contributed by atoms with Gasteiger partial charge in [0.15, 0.2) is 0 Å². The van der Waals surface area contributed by atoms with Gasteiger partial charge >= 0.3 is 0 Å². The summed E-state index contributed by atoms with van der Waals surface area (Å²) in [5.74, 6) is 3.71. The topological polar surface area (TPSA) is 0 Å². The molecule has 0 spiro atoms. The van der Waals surface area contributed by atoms with E-state index in [1.165, 1.54) is 51.4 Å². The minimum absolute atomic E-state index is 0.161. The molecule has 0 aromatic rings. The van der Waals surface area contributed by atoms with Crippen molar-refractivity contribution in [2.75, 3.05) is 0 Å². The summed E-state index contributed by atoms with van der Waals surface area (Å²) in [7, 11) is 0. The van der Waals surface area contributed by atoms with Gasteiger partial charge < -0.3 is 0 Å². The van der Waals surface area contributed by atoms with E-state index in [1.54, 1.807) is 0 Å². The van der Waals surface area contributed by atoms with Crippen LogP contribution in [-0.4, -0.2) is 12.3 Å². The molecule has 2 heteroatoms. The fraction of sp³-hybridized carbons (Fsp3) is 1.00. The van der Waals surface area contributed by atoms with Crippen molar-refractivity contribution in [3.63, 3.8) is 0 Å². The van der Waals surface area contributed by atoms with Gasteiger partial charge in [-0.15, -0.1) is 0 Å². The van der Waals surface area contributed by atoms with Crippen molar-refractivity contribution in [1.82, 2.24) is 0 Å². The third kappa shape index (κ3) is 3.79. The van der Waals surface area contributed by atoms with Crippen molar-refractivity contribution < 1.29 is 8.78 Å². The zero-order chi connectivity index (χ0) is 14.8. The lowest BCUT2D eigenvalue weighted by molar-refractivity contribution is 0.0305. The summed E-state index contributed by atoms with van der Waals surface area (Å²) < 4.78 is 27.3. The Morgan fingerprint density at radius 2 is 1.24 bits per heavy atom. The zero-order valence-corrected chi connectivity index (χ0v) is 13.6. The summed E-state index contributed by atoms with van der Waals surface area (Å²) >= 11 is 0. The summed E-state index contributed by atoms with van der Waals surface area (Å²) in [5, 5.41) is 0. The first-order valence-electron chi connectivity index (χ1n) is 9.43. The van der Waals surface area contributed by atoms with E-state index in [2.05, 4.69) is 6.92 Å². The van der Waals surface area contributed by atoms with E-state index in [-0.39, 0.29) is 6.42 Å². The quantitative estimate of drug-likeness (QED) is 0.591. The van der Waals surface area contributed by atoms with E-state index in [0.717, 1.165) is 17.8 Å². The lowest BCUT2D eigenvalue weighted by Crippen LogP contribution is -2.36. The first kappa shape index (κ1) is 15.7. The number of halogens is 2. The predicted octanol–water partition coefficient (Wildman–Crippen LogP) is 6.10. The second-order valence-corrected chi connectivity index (χ2v) is 8.22. The summed E-state index contributed by atoms with van der Waals surface area (Å²) in [6.07, 6.45) is 10.5. The molecule has 3 aliphatic rings. The number of hydrogen-bond acceptors (Lipinski definition) is 0. The van der Waals surface area contributed by atoms with E-state index in [4.69, 9.17) is 0 Å². The average Bonchev–Trinajstić information content (AvgIpc) is 2.46. The highest BCUT2D eigenvalue weighted by molar-refractivity contribution is 4.91. The largest absolute Gasteiger partial charge is 0.247 e. The Balaban J connectivity index is 1.53. The van der Waals surface area contributed by atoms with Crippen LogP contribution in [0.2, 0.25) is 0 Å². The molecule has 6 unspecified atom stereocenters. The molecule has 0 aliphatic heterocycles. The normalized spacial score (nSPS) is 47.9. The summed E-state index contributed by atoms with van der Waals surface area (Å²) in [6, 6.07) is 0. The van der Waals surface area contributed by atoms with Crippen molar-refractivity contribution in [3.05, 3.63) is 0 Å². The van der Waals surface area contributed by atoms with Gasteiger partial charge in [-0.05, 0) is 74.5 Å². The van der Waals surface area contributed by atoms with Crippen LogP contribution in [-0.2, 0) is 0 Å². The Hall–Kier alpha value is -0.140. The van der Waals surface area contributed by atoms with Gasteiger partial charge in [-0.3, -0.25) is 0 Å². The molecule has 3 saturated carbocycles. The SMILES string of the molecule is CCCC1CCC2CC(C3CC(F)CC(F)C3)CCC2C1. The monoisotopic (exact) mass is 298 g/mol. The van der Waals surface area contributed by atoms with Crippen LogP contribution in [0.4, 0.5) is 8.78 Å². The van der Waals surface area contributed by atoms with Gasteiger partial charge in [0.05, 0.1) is 0 Å². The number of fused-ring (bicyclic) bond motifs is 1. The minimum atomic E-state index is -0.878. The standard InChI is InChI=1S/C19H32F2/c1-2-3-13-4-5-15-9-16(7-6-14(15)8-13)17-10-18(20)12-19(21)11-17/h13-19H,2-12H2,1H3. The molecule has 0 radical (unpaired) electrons. The van der Waals surface area contributed by atoms with Crippen molar-refractivity contribution >= 4 is 0 Å². The summed E-state index contributed by atoms with van der Waals surface area (Å²) in [5.41, 5.74) is 0. The van der Waals surface area contributed by atoms with Crippen LogP contribution in [0.15, 0.2) is 0 Å². The third-order valence-electron chi connectivity index (χ3n) is 6.75. The zero-order valence-electron chi connectivity index (χ0n) is 13.6. The van der Waals surface area contributed by atoms with Crippen LogP contribution in [0, 0.1) is 29.6 Å². The van der Waals surface area contributed by atoms with Crippen LogP contribution in [0.25, 0.3) is 0 Å². The molecule has 0 aromatic heterocycles. The molecule has 122 valence electrons. The van der Waals surface area contributed by atoms with Crippen LogP contribution < -0.4 is 0 Å². The molecule has 0 saturated heterocycles. The molecule has 0 nitrogen and oxygen atoms in total. The molecule has 0 heterocycles. The van der Waals surface area contributed by atoms with Gasteiger partial charge in [0, 0.05) is 6.42 Å². The maximum Gasteiger partial charge on any atom is 0.103 e. The highest BCUT2D eigenvalue weighted by Gasteiger charge is 2.40. The smallest absolute Gasteiger partial charge is 0.103 e. The highest BCUT2D eigenvalue weighted by atomic mass is 19.1. The van der Waals surface area contributed by atoms with Crippen LogP contribution in [0.1, 0.15) is 77.6 Å². The van der Waals surface area contributed by atoms with Crippen molar-refractivity contribution in [3.8, 4) is 0 Å². The second-order valence-electron chi connectivity index (χ2n) is 8.22. The Morgan fingerprint density at radius 1 is 0.667 bits per heavy atom. The first-order valence-corrected chi connectivity index (χ1v) is 9.43. The van der Waals surface area contributed by atoms with Gasteiger partial charge in [-0.1, -0.05) is 26.2 Å². The minimum Gasteiger partial charge on any atom is -0.247 e. The first-order chi connectivity index (χ1) is 10.2. The molecule has 3 aliphatic carbocycles. The molecule has 3 fully saturated rings. The van der Waals surface area contributed by atoms with Crippen LogP contribution in [0.5, 0.6) is 0 Å². The Morgan fingerprint density at radius 3 is 1.90 bits per heavy atom. The summed E-state index contributed by atoms with van der Waals surface area (Å²) in [4.78, 5) is 0. The van der Waals surface area contributed by atoms with E-state index in [1.807, 2.05) is 0 Å². The van der Waals surface area contributed by atoms with Gasteiger partial charge in [-0.25, -0.2) is 8.78 Å². The Bertz CT molecular complexity index is 320. The number of hydrogen-bond donors (Lipinski definition) is 0. The van der Waals surface area contributed by atoms with Gasteiger partial charge in [-0.2, -0.15) is 0 Å². The fourth-order valence-corrected chi connectivity index (χ4v) is 5.73. The average molecular weight is 298 g/mol. The Labute approximate surface area is 129 Å². The molecular weight excluding hydrogens is 266 g/mol. The molecule has 6 atom stereocenters. The van der Waals surface area contributed by atoms with Gasteiger partial charge in [0.2, 0.25) is 0 Å². The molecule has 21 heavy (non-hydrogen) atoms. The molecule has 0 aromatic carbocycles. The second kappa shape index (κ2) is 6.96. The molecule has 3 rings (SSSR count). The van der Waals surface area contributed by atoms with Gasteiger partial charge in [0.1, 0.15) is 12.3 Å². The van der Waals surface area contributed by atoms with E-state index in [9.17, 15) is 8.78 Å². The lowest BCUT2D eigenvalue weighted by atomic mass is 9.61. The van der Waals surface area contributed by atoms with Crippen LogP contribution >= 0.6 is 0 Å². The van der Waals surface area contributed by atoms with Crippen LogP contribution in [0.3, 0.4) is 0 Å². The van der Waals surface area contributed by atoms with Crippen molar-refractivity contribution in [2.45, 2.75) is 89.9 Å². The van der Waals surface area contributed by atoms with E-state index < -0.39 is 12.3 Å². The predicted molar refractivity (Wildman–Crippen MR) is 83.7 cm³/mol. The maximum absolute atomic E-state index is 13.7. The highest BCUT2D eigenvalue weighted by Crippen LogP contribution is 2.49. The molecule has 0 N–H and O–H groups in total. The molecule has 0 bridgehead atoms. The van der Waals surface area contributed by atoms with Crippen molar-refractivity contribution in [1.29, 1.82) is 0 Å². The van der Waals surface area contributed by atoms with Gasteiger partial charge in [0.25, 0.3) is 0 Å². The van der Waals surface area contributed by atoms with Crippen molar-refractivity contribution in [2.24, 2.45) is 29.6 Å². The maximum atomic E-state index is 13.7. The third-order valence-corrected chi connectivity index (χ3v) is 6.75. The Kier molecular flexibility index (Phi) is 5.22. The van der Waals surface area contributed by atoms with E-state index in [0.29, 0.717) is 24.7 Å². The lowest BCUT2D eigenvalue weighted by Gasteiger charge is -2.45.